The van der Waals surface area contributed by atoms with Gasteiger partial charge in [0.25, 0.3) is 0 Å². The lowest BCUT2D eigenvalue weighted by Gasteiger charge is -2.05. The molecule has 0 fully saturated rings. The Morgan fingerprint density at radius 1 is 1.25 bits per heavy atom. The summed E-state index contributed by atoms with van der Waals surface area (Å²) in [5.74, 6) is 0.821. The number of phenolic OH excluding ortho intramolecular Hbond substituents is 1. The molecule has 0 radical (unpaired) electrons. The third-order valence-corrected chi connectivity index (χ3v) is 2.48. The van der Waals surface area contributed by atoms with E-state index in [-0.39, 0.29) is 5.75 Å². The van der Waals surface area contributed by atoms with Crippen LogP contribution in [-0.4, -0.2) is 10.1 Å². The van der Waals surface area contributed by atoms with Crippen LogP contribution >= 0.6 is 15.9 Å². The molecule has 0 aliphatic rings. The van der Waals surface area contributed by atoms with Crippen LogP contribution in [0.3, 0.4) is 0 Å². The van der Waals surface area contributed by atoms with Gasteiger partial charge in [0.1, 0.15) is 18.1 Å². The van der Waals surface area contributed by atoms with E-state index in [1.807, 2.05) is 12.1 Å². The first-order valence-corrected chi connectivity index (χ1v) is 5.55. The summed E-state index contributed by atoms with van der Waals surface area (Å²) in [7, 11) is 0. The highest BCUT2D eigenvalue weighted by Gasteiger charge is 1.98. The molecule has 2 rings (SSSR count). The van der Waals surface area contributed by atoms with Crippen molar-refractivity contribution in [2.75, 3.05) is 0 Å². The minimum atomic E-state index is 0.194. The third kappa shape index (κ3) is 2.97. The number of phenols is 1. The summed E-state index contributed by atoms with van der Waals surface area (Å²) in [5, 5.41) is 9.25. The van der Waals surface area contributed by atoms with E-state index >= 15 is 0 Å². The second-order valence-electron chi connectivity index (χ2n) is 3.25. The van der Waals surface area contributed by atoms with Gasteiger partial charge in [0, 0.05) is 16.7 Å². The van der Waals surface area contributed by atoms with Gasteiger partial charge in [-0.25, -0.2) is 0 Å². The van der Waals surface area contributed by atoms with Gasteiger partial charge in [-0.15, -0.1) is 0 Å². The Morgan fingerprint density at radius 3 is 2.88 bits per heavy atom. The predicted octanol–water partition coefficient (Wildman–Crippen LogP) is 3.13. The lowest BCUT2D eigenvalue weighted by atomic mass is 10.3. The van der Waals surface area contributed by atoms with Crippen LogP contribution in [0.15, 0.2) is 47.1 Å². The van der Waals surface area contributed by atoms with Crippen molar-refractivity contribution < 1.29 is 9.84 Å². The van der Waals surface area contributed by atoms with E-state index in [9.17, 15) is 5.11 Å². The molecule has 16 heavy (non-hydrogen) atoms. The molecule has 4 heteroatoms. The summed E-state index contributed by atoms with van der Waals surface area (Å²) in [6, 6.07) is 10.4. The number of nitrogens with zero attached hydrogens (tertiary/aromatic N) is 1. The summed E-state index contributed by atoms with van der Waals surface area (Å²) in [4.78, 5) is 4.16. The molecule has 0 aliphatic carbocycles. The molecule has 0 atom stereocenters. The van der Waals surface area contributed by atoms with Crippen molar-refractivity contribution in [1.29, 1.82) is 0 Å². The minimum Gasteiger partial charge on any atom is -0.508 e. The van der Waals surface area contributed by atoms with Gasteiger partial charge in [0.2, 0.25) is 0 Å². The number of aromatic hydroxyl groups is 1. The van der Waals surface area contributed by atoms with E-state index in [1.54, 1.807) is 30.5 Å². The van der Waals surface area contributed by atoms with Crippen LogP contribution in [0.1, 0.15) is 5.69 Å². The number of pyridine rings is 1. The Kier molecular flexibility index (Phi) is 3.41. The van der Waals surface area contributed by atoms with Crippen LogP contribution in [0.25, 0.3) is 0 Å². The monoisotopic (exact) mass is 279 g/mol. The Morgan fingerprint density at radius 2 is 2.12 bits per heavy atom. The number of hydrogen-bond acceptors (Lipinski definition) is 3. The van der Waals surface area contributed by atoms with Crippen molar-refractivity contribution in [3.8, 4) is 11.5 Å². The molecule has 0 bridgehead atoms. The lowest BCUT2D eigenvalue weighted by molar-refractivity contribution is 0.299. The van der Waals surface area contributed by atoms with Crippen molar-refractivity contribution >= 4 is 15.9 Å². The normalized spacial score (nSPS) is 10.1. The van der Waals surface area contributed by atoms with E-state index in [0.29, 0.717) is 12.4 Å². The summed E-state index contributed by atoms with van der Waals surface area (Å²) >= 11 is 3.36. The fraction of sp³-hybridized carbons (Fsp3) is 0.0833. The van der Waals surface area contributed by atoms with Crippen molar-refractivity contribution in [2.24, 2.45) is 0 Å². The molecule has 0 spiro atoms. The highest BCUT2D eigenvalue weighted by atomic mass is 79.9. The Hall–Kier alpha value is -1.55. The fourth-order valence-electron chi connectivity index (χ4n) is 1.26. The number of benzene rings is 1. The largest absolute Gasteiger partial charge is 0.508 e. The molecule has 1 aromatic heterocycles. The van der Waals surface area contributed by atoms with E-state index in [1.165, 1.54) is 0 Å². The number of hydrogen-bond donors (Lipinski definition) is 1. The molecule has 0 saturated carbocycles. The zero-order chi connectivity index (χ0) is 11.4. The summed E-state index contributed by atoms with van der Waals surface area (Å²) in [6.07, 6.45) is 1.71. The van der Waals surface area contributed by atoms with Gasteiger partial charge in [-0.3, -0.25) is 4.98 Å². The van der Waals surface area contributed by atoms with Crippen LogP contribution in [0.2, 0.25) is 0 Å². The fourth-order valence-corrected chi connectivity index (χ4v) is 1.64. The SMILES string of the molecule is Oc1cccc(OCc2cc(Br)ccn2)c1. The molecular formula is C12H10BrNO2. The quantitative estimate of drug-likeness (QED) is 0.939. The summed E-state index contributed by atoms with van der Waals surface area (Å²) in [5.41, 5.74) is 0.831. The van der Waals surface area contributed by atoms with Gasteiger partial charge in [0.15, 0.2) is 0 Å². The van der Waals surface area contributed by atoms with Crippen LogP contribution in [0, 0.1) is 0 Å². The van der Waals surface area contributed by atoms with Crippen molar-refractivity contribution in [1.82, 2.24) is 4.98 Å². The first-order chi connectivity index (χ1) is 7.74. The maximum Gasteiger partial charge on any atom is 0.130 e. The average molecular weight is 280 g/mol. The van der Waals surface area contributed by atoms with Crippen LogP contribution in [-0.2, 0) is 6.61 Å². The molecule has 0 unspecified atom stereocenters. The van der Waals surface area contributed by atoms with E-state index < -0.39 is 0 Å². The molecule has 0 aliphatic heterocycles. The second-order valence-corrected chi connectivity index (χ2v) is 4.17. The number of halogens is 1. The molecule has 2 aromatic rings. The molecule has 1 aromatic carbocycles. The van der Waals surface area contributed by atoms with Crippen LogP contribution in [0.5, 0.6) is 11.5 Å². The van der Waals surface area contributed by atoms with Crippen molar-refractivity contribution in [3.05, 3.63) is 52.8 Å². The molecule has 0 saturated heterocycles. The zero-order valence-corrected chi connectivity index (χ0v) is 10.0. The molecule has 1 N–H and O–H groups in total. The van der Waals surface area contributed by atoms with Gasteiger partial charge in [0.05, 0.1) is 5.69 Å². The predicted molar refractivity (Wildman–Crippen MR) is 64.4 cm³/mol. The maximum absolute atomic E-state index is 9.25. The molecular weight excluding hydrogens is 270 g/mol. The lowest BCUT2D eigenvalue weighted by Crippen LogP contribution is -1.97. The van der Waals surface area contributed by atoms with Crippen LogP contribution in [0.4, 0.5) is 0 Å². The summed E-state index contributed by atoms with van der Waals surface area (Å²) < 4.78 is 6.45. The topological polar surface area (TPSA) is 42.4 Å². The van der Waals surface area contributed by atoms with E-state index in [0.717, 1.165) is 10.2 Å². The highest BCUT2D eigenvalue weighted by molar-refractivity contribution is 9.10. The Bertz CT molecular complexity index is 442. The van der Waals surface area contributed by atoms with Crippen molar-refractivity contribution in [3.63, 3.8) is 0 Å². The Balaban J connectivity index is 2.02. The standard InChI is InChI=1S/C12H10BrNO2/c13-9-4-5-14-10(6-9)8-16-12-3-1-2-11(15)7-12/h1-7,15H,8H2. The Labute approximate surface area is 102 Å². The first kappa shape index (κ1) is 11.0. The molecule has 1 heterocycles. The number of rotatable bonds is 3. The van der Waals surface area contributed by atoms with Gasteiger partial charge >= 0.3 is 0 Å². The molecule has 3 nitrogen and oxygen atoms in total. The smallest absolute Gasteiger partial charge is 0.130 e. The number of aromatic nitrogens is 1. The van der Waals surface area contributed by atoms with Crippen molar-refractivity contribution in [2.45, 2.75) is 6.61 Å². The summed E-state index contributed by atoms with van der Waals surface area (Å²) in [6.45, 7) is 0.378. The van der Waals surface area contributed by atoms with Crippen LogP contribution < -0.4 is 4.74 Å². The zero-order valence-electron chi connectivity index (χ0n) is 8.43. The second kappa shape index (κ2) is 4.99. The van der Waals surface area contributed by atoms with Gasteiger partial charge in [-0.1, -0.05) is 22.0 Å². The average Bonchev–Trinajstić information content (AvgIpc) is 2.27. The van der Waals surface area contributed by atoms with E-state index in [4.69, 9.17) is 4.74 Å². The molecule has 82 valence electrons. The van der Waals surface area contributed by atoms with Gasteiger partial charge in [-0.05, 0) is 24.3 Å². The maximum atomic E-state index is 9.25. The van der Waals surface area contributed by atoms with Gasteiger partial charge in [-0.2, -0.15) is 0 Å². The first-order valence-electron chi connectivity index (χ1n) is 4.76. The third-order valence-electron chi connectivity index (χ3n) is 1.98. The highest BCUT2D eigenvalue weighted by Crippen LogP contribution is 2.19. The van der Waals surface area contributed by atoms with Gasteiger partial charge < -0.3 is 9.84 Å². The number of ether oxygens (including phenoxy) is 1. The molecule has 0 amide bonds. The minimum absolute atomic E-state index is 0.194. The van der Waals surface area contributed by atoms with E-state index in [2.05, 4.69) is 20.9 Å².